The van der Waals surface area contributed by atoms with Crippen molar-refractivity contribution < 1.29 is 9.26 Å². The van der Waals surface area contributed by atoms with Crippen LogP contribution >= 0.6 is 0 Å². The molecule has 5 heteroatoms. The first-order valence-corrected chi connectivity index (χ1v) is 7.10. The van der Waals surface area contributed by atoms with Crippen molar-refractivity contribution in [2.24, 2.45) is 11.1 Å². The van der Waals surface area contributed by atoms with Crippen LogP contribution in [-0.4, -0.2) is 16.7 Å². The molecule has 0 bridgehead atoms. The van der Waals surface area contributed by atoms with Crippen LogP contribution in [0, 0.1) is 5.41 Å². The van der Waals surface area contributed by atoms with Gasteiger partial charge in [0.25, 0.3) is 0 Å². The Balaban J connectivity index is 2.81. The molecule has 1 rings (SSSR count). The van der Waals surface area contributed by atoms with Crippen molar-refractivity contribution in [3.05, 3.63) is 11.7 Å². The van der Waals surface area contributed by atoms with E-state index in [1.54, 1.807) is 0 Å². The molecule has 0 spiro atoms. The maximum absolute atomic E-state index is 6.04. The van der Waals surface area contributed by atoms with E-state index in [0.29, 0.717) is 18.3 Å². The van der Waals surface area contributed by atoms with Gasteiger partial charge in [-0.15, -0.1) is 0 Å². The normalized spacial score (nSPS) is 15.5. The molecule has 2 unspecified atom stereocenters. The highest BCUT2D eigenvalue weighted by atomic mass is 16.5. The van der Waals surface area contributed by atoms with Crippen LogP contribution in [0.15, 0.2) is 4.52 Å². The number of nitrogens with zero attached hydrogens (tertiary/aromatic N) is 2. The molecule has 2 atom stereocenters. The summed E-state index contributed by atoms with van der Waals surface area (Å²) in [4.78, 5) is 4.42. The number of rotatable bonds is 7. The quantitative estimate of drug-likeness (QED) is 0.821. The molecule has 2 N–H and O–H groups in total. The van der Waals surface area contributed by atoms with Crippen molar-refractivity contribution in [2.45, 2.75) is 66.0 Å². The van der Waals surface area contributed by atoms with E-state index >= 15 is 0 Å². The number of unbranched alkanes of at least 4 members (excludes halogenated alkanes) is 1. The van der Waals surface area contributed by atoms with Crippen molar-refractivity contribution in [3.63, 3.8) is 0 Å². The third-order valence-electron chi connectivity index (χ3n) is 3.00. The Morgan fingerprint density at radius 3 is 2.53 bits per heavy atom. The Morgan fingerprint density at radius 2 is 2.00 bits per heavy atom. The van der Waals surface area contributed by atoms with Crippen LogP contribution in [0.1, 0.15) is 77.7 Å². The second-order valence-corrected chi connectivity index (χ2v) is 5.94. The van der Waals surface area contributed by atoms with Gasteiger partial charge in [0.15, 0.2) is 0 Å². The Kier molecular flexibility index (Phi) is 5.94. The molecule has 110 valence electrons. The Hall–Kier alpha value is -0.940. The Morgan fingerprint density at radius 1 is 1.32 bits per heavy atom. The number of ether oxygens (including phenoxy) is 1. The molecule has 0 aliphatic rings. The molecule has 0 aliphatic heterocycles. The zero-order chi connectivity index (χ0) is 14.5. The first-order valence-electron chi connectivity index (χ1n) is 7.10. The highest BCUT2D eigenvalue weighted by Crippen LogP contribution is 2.34. The zero-order valence-corrected chi connectivity index (χ0v) is 12.8. The van der Waals surface area contributed by atoms with Gasteiger partial charge in [-0.05, 0) is 18.8 Å². The molecule has 1 aromatic heterocycles. The molecular formula is C14H27N3O2. The van der Waals surface area contributed by atoms with Gasteiger partial charge in [0, 0.05) is 6.61 Å². The molecule has 0 saturated heterocycles. The van der Waals surface area contributed by atoms with Gasteiger partial charge in [0.2, 0.25) is 11.7 Å². The van der Waals surface area contributed by atoms with Crippen molar-refractivity contribution in [2.75, 3.05) is 6.61 Å². The molecule has 0 amide bonds. The lowest BCUT2D eigenvalue weighted by molar-refractivity contribution is -0.0203. The average molecular weight is 269 g/mol. The minimum atomic E-state index is -0.177. The minimum Gasteiger partial charge on any atom is -0.370 e. The van der Waals surface area contributed by atoms with Gasteiger partial charge >= 0.3 is 0 Å². The summed E-state index contributed by atoms with van der Waals surface area (Å²) in [7, 11) is 0. The van der Waals surface area contributed by atoms with Crippen LogP contribution in [-0.2, 0) is 4.74 Å². The molecule has 0 aromatic carbocycles. The topological polar surface area (TPSA) is 74.2 Å². The highest BCUT2D eigenvalue weighted by Gasteiger charge is 2.31. The van der Waals surface area contributed by atoms with E-state index in [4.69, 9.17) is 15.0 Å². The zero-order valence-electron chi connectivity index (χ0n) is 12.8. The fourth-order valence-electron chi connectivity index (χ4n) is 1.93. The molecule has 0 fully saturated rings. The van der Waals surface area contributed by atoms with Gasteiger partial charge in [0.05, 0.1) is 6.04 Å². The number of hydrogen-bond acceptors (Lipinski definition) is 5. The standard InChI is InChI=1S/C14H27N3O2/c1-6-8-9-10(15)13-16-12(17-19-13)11(18-7-2)14(3,4)5/h10-11H,6-9,15H2,1-5H3. The number of nitrogens with two attached hydrogens (primary N) is 1. The SMILES string of the molecule is CCCCC(N)c1nc(C(OCC)C(C)(C)C)no1. The van der Waals surface area contributed by atoms with Gasteiger partial charge in [-0.3, -0.25) is 0 Å². The smallest absolute Gasteiger partial charge is 0.243 e. The van der Waals surface area contributed by atoms with Gasteiger partial charge in [0.1, 0.15) is 6.10 Å². The van der Waals surface area contributed by atoms with Crippen molar-refractivity contribution >= 4 is 0 Å². The summed E-state index contributed by atoms with van der Waals surface area (Å²) in [6.45, 7) is 11.0. The number of aromatic nitrogens is 2. The summed E-state index contributed by atoms with van der Waals surface area (Å²) >= 11 is 0. The highest BCUT2D eigenvalue weighted by molar-refractivity contribution is 4.98. The largest absolute Gasteiger partial charge is 0.370 e. The predicted octanol–water partition coefficient (Wildman–Crippen LogP) is 3.38. The monoisotopic (exact) mass is 269 g/mol. The molecule has 5 nitrogen and oxygen atoms in total. The van der Waals surface area contributed by atoms with Crippen molar-refractivity contribution in [1.29, 1.82) is 0 Å². The van der Waals surface area contributed by atoms with E-state index in [-0.39, 0.29) is 17.6 Å². The van der Waals surface area contributed by atoms with E-state index in [1.165, 1.54) is 0 Å². The molecule has 0 radical (unpaired) electrons. The number of hydrogen-bond donors (Lipinski definition) is 1. The van der Waals surface area contributed by atoms with Crippen LogP contribution in [0.4, 0.5) is 0 Å². The van der Waals surface area contributed by atoms with E-state index in [0.717, 1.165) is 19.3 Å². The van der Waals surface area contributed by atoms with Gasteiger partial charge in [-0.1, -0.05) is 45.7 Å². The van der Waals surface area contributed by atoms with Crippen LogP contribution in [0.2, 0.25) is 0 Å². The lowest BCUT2D eigenvalue weighted by atomic mass is 9.88. The predicted molar refractivity (Wildman–Crippen MR) is 74.6 cm³/mol. The van der Waals surface area contributed by atoms with E-state index < -0.39 is 0 Å². The Bertz CT molecular complexity index is 371. The lowest BCUT2D eigenvalue weighted by Crippen LogP contribution is -2.22. The van der Waals surface area contributed by atoms with E-state index in [1.807, 2.05) is 6.92 Å². The summed E-state index contributed by atoms with van der Waals surface area (Å²) < 4.78 is 11.0. The average Bonchev–Trinajstić information content (AvgIpc) is 2.80. The summed E-state index contributed by atoms with van der Waals surface area (Å²) in [5, 5.41) is 4.04. The second kappa shape index (κ2) is 7.01. The summed E-state index contributed by atoms with van der Waals surface area (Å²) in [5.74, 6) is 1.11. The Labute approximate surface area is 115 Å². The molecule has 0 saturated carbocycles. The summed E-state index contributed by atoms with van der Waals surface area (Å²) in [6, 6.07) is -0.177. The maximum Gasteiger partial charge on any atom is 0.243 e. The van der Waals surface area contributed by atoms with Gasteiger partial charge in [-0.2, -0.15) is 4.98 Å². The fraction of sp³-hybridized carbons (Fsp3) is 0.857. The minimum absolute atomic E-state index is 0.0787. The van der Waals surface area contributed by atoms with Gasteiger partial charge in [-0.25, -0.2) is 0 Å². The first-order chi connectivity index (χ1) is 8.90. The van der Waals surface area contributed by atoms with Gasteiger partial charge < -0.3 is 15.0 Å². The molecular weight excluding hydrogens is 242 g/mol. The fourth-order valence-corrected chi connectivity index (χ4v) is 1.93. The molecule has 1 aromatic rings. The third-order valence-corrected chi connectivity index (χ3v) is 3.00. The first kappa shape index (κ1) is 16.1. The van der Waals surface area contributed by atoms with E-state index in [2.05, 4.69) is 37.8 Å². The maximum atomic E-state index is 6.04. The molecule has 1 heterocycles. The van der Waals surface area contributed by atoms with Crippen LogP contribution in [0.3, 0.4) is 0 Å². The van der Waals surface area contributed by atoms with E-state index in [9.17, 15) is 0 Å². The van der Waals surface area contributed by atoms with Crippen molar-refractivity contribution in [3.8, 4) is 0 Å². The third kappa shape index (κ3) is 4.58. The molecule has 0 aliphatic carbocycles. The second-order valence-electron chi connectivity index (χ2n) is 5.94. The summed E-state index contributed by atoms with van der Waals surface area (Å²) in [5.41, 5.74) is 5.96. The lowest BCUT2D eigenvalue weighted by Gasteiger charge is -2.27. The molecule has 19 heavy (non-hydrogen) atoms. The summed E-state index contributed by atoms with van der Waals surface area (Å²) in [6.07, 6.45) is 2.87. The van der Waals surface area contributed by atoms with Crippen LogP contribution in [0.25, 0.3) is 0 Å². The van der Waals surface area contributed by atoms with Crippen LogP contribution < -0.4 is 5.73 Å². The van der Waals surface area contributed by atoms with Crippen LogP contribution in [0.5, 0.6) is 0 Å². The van der Waals surface area contributed by atoms with Crippen molar-refractivity contribution in [1.82, 2.24) is 10.1 Å².